The van der Waals surface area contributed by atoms with E-state index < -0.39 is 0 Å². The van der Waals surface area contributed by atoms with E-state index in [1.165, 1.54) is 37.7 Å². The van der Waals surface area contributed by atoms with E-state index >= 15 is 0 Å². The van der Waals surface area contributed by atoms with Crippen LogP contribution in [0.1, 0.15) is 65.2 Å². The standard InChI is InChI=1S/C21H28O2/c1-12(22)21-11-14(21)10-19-18-5-3-13-9-15(23)4-6-16(13)17(18)7-8-20(19,21)2/h9,14,16-19H,3-8,10-11H2,1-2H3/t14?,16-,17+,18+,19-,20-,21-/m0/s1. The molecule has 0 heterocycles. The minimum atomic E-state index is 0.0568. The van der Waals surface area contributed by atoms with Crippen LogP contribution in [0, 0.1) is 40.4 Å². The minimum Gasteiger partial charge on any atom is -0.299 e. The minimum absolute atomic E-state index is 0.0568. The van der Waals surface area contributed by atoms with Crippen LogP contribution < -0.4 is 0 Å². The molecule has 0 aromatic carbocycles. The second-order valence-electron chi connectivity index (χ2n) is 9.42. The SMILES string of the molecule is CC(=O)[C@@]12CC1C[C@H]1[C@@H]3CCC4=CC(=O)CC[C@@H]4[C@H]3CC[C@@]12C. The third-order valence-electron chi connectivity index (χ3n) is 8.98. The molecule has 0 radical (unpaired) electrons. The van der Waals surface area contributed by atoms with Crippen LogP contribution in [-0.2, 0) is 9.59 Å². The van der Waals surface area contributed by atoms with Gasteiger partial charge in [-0.25, -0.2) is 0 Å². The Bertz CT molecular complexity index is 632. The summed E-state index contributed by atoms with van der Waals surface area (Å²) in [4.78, 5) is 24.2. The van der Waals surface area contributed by atoms with Crippen LogP contribution in [0.3, 0.4) is 0 Å². The second kappa shape index (κ2) is 4.37. The molecule has 5 aliphatic carbocycles. The third kappa shape index (κ3) is 1.61. The average Bonchev–Trinajstić information content (AvgIpc) is 3.20. The number of carbonyl (C=O) groups is 2. The molecule has 0 spiro atoms. The maximum absolute atomic E-state index is 12.4. The second-order valence-corrected chi connectivity index (χ2v) is 9.42. The van der Waals surface area contributed by atoms with Crippen LogP contribution in [0.2, 0.25) is 0 Å². The molecule has 4 saturated carbocycles. The lowest BCUT2D eigenvalue weighted by Crippen LogP contribution is -2.49. The van der Waals surface area contributed by atoms with Crippen molar-refractivity contribution in [3.63, 3.8) is 0 Å². The summed E-state index contributed by atoms with van der Waals surface area (Å²) in [6, 6.07) is 0. The third-order valence-corrected chi connectivity index (χ3v) is 8.98. The number of fused-ring (bicyclic) bond motifs is 7. The molecule has 2 nitrogen and oxygen atoms in total. The Morgan fingerprint density at radius 1 is 1.17 bits per heavy atom. The van der Waals surface area contributed by atoms with Crippen LogP contribution in [0.25, 0.3) is 0 Å². The first-order valence-corrected chi connectivity index (χ1v) is 9.72. The predicted molar refractivity (Wildman–Crippen MR) is 88.7 cm³/mol. The van der Waals surface area contributed by atoms with Gasteiger partial charge in [-0.2, -0.15) is 0 Å². The van der Waals surface area contributed by atoms with Gasteiger partial charge in [-0.05, 0) is 93.0 Å². The summed E-state index contributed by atoms with van der Waals surface area (Å²) in [5.41, 5.74) is 1.80. The summed E-state index contributed by atoms with van der Waals surface area (Å²) < 4.78 is 0. The van der Waals surface area contributed by atoms with E-state index in [-0.39, 0.29) is 10.8 Å². The molecule has 5 aliphatic rings. The highest BCUT2D eigenvalue weighted by Gasteiger charge is 2.76. The highest BCUT2D eigenvalue weighted by Crippen LogP contribution is 2.79. The van der Waals surface area contributed by atoms with Crippen molar-refractivity contribution in [1.82, 2.24) is 0 Å². The highest BCUT2D eigenvalue weighted by atomic mass is 16.1. The van der Waals surface area contributed by atoms with Gasteiger partial charge in [-0.15, -0.1) is 0 Å². The number of rotatable bonds is 1. The Morgan fingerprint density at radius 2 is 2.00 bits per heavy atom. The van der Waals surface area contributed by atoms with Gasteiger partial charge in [0.15, 0.2) is 5.78 Å². The first-order valence-electron chi connectivity index (χ1n) is 9.72. The zero-order valence-electron chi connectivity index (χ0n) is 14.4. The molecule has 0 bridgehead atoms. The molecule has 2 heteroatoms. The van der Waals surface area contributed by atoms with E-state index in [2.05, 4.69) is 6.92 Å². The van der Waals surface area contributed by atoms with E-state index in [0.717, 1.165) is 37.0 Å². The predicted octanol–water partition coefficient (Wildman–Crippen LogP) is 4.33. The average molecular weight is 312 g/mol. The molecular weight excluding hydrogens is 284 g/mol. The number of allylic oxidation sites excluding steroid dienone is 1. The first-order chi connectivity index (χ1) is 11.0. The van der Waals surface area contributed by atoms with Crippen molar-refractivity contribution in [3.8, 4) is 0 Å². The fourth-order valence-corrected chi connectivity index (χ4v) is 7.94. The van der Waals surface area contributed by atoms with Crippen molar-refractivity contribution in [1.29, 1.82) is 0 Å². The van der Waals surface area contributed by atoms with E-state index in [9.17, 15) is 9.59 Å². The van der Waals surface area contributed by atoms with Crippen LogP contribution in [0.4, 0.5) is 0 Å². The fraction of sp³-hybridized carbons (Fsp3) is 0.810. The van der Waals surface area contributed by atoms with E-state index in [1.807, 2.05) is 13.0 Å². The van der Waals surface area contributed by atoms with Crippen molar-refractivity contribution < 1.29 is 9.59 Å². The summed E-state index contributed by atoms with van der Waals surface area (Å²) in [5.74, 6) is 4.58. The highest BCUT2D eigenvalue weighted by molar-refractivity contribution is 5.91. The van der Waals surface area contributed by atoms with Gasteiger partial charge < -0.3 is 0 Å². The molecule has 4 fully saturated rings. The Labute approximate surface area is 139 Å². The Morgan fingerprint density at radius 3 is 2.78 bits per heavy atom. The Hall–Kier alpha value is -0.920. The quantitative estimate of drug-likeness (QED) is 0.722. The molecule has 7 atom stereocenters. The van der Waals surface area contributed by atoms with Crippen molar-refractivity contribution in [2.24, 2.45) is 40.4 Å². The first kappa shape index (κ1) is 14.4. The van der Waals surface area contributed by atoms with Gasteiger partial charge in [0.25, 0.3) is 0 Å². The number of hydrogen-bond donors (Lipinski definition) is 0. The summed E-state index contributed by atoms with van der Waals surface area (Å²) in [7, 11) is 0. The van der Waals surface area contributed by atoms with Crippen LogP contribution in [0.5, 0.6) is 0 Å². The molecule has 124 valence electrons. The van der Waals surface area contributed by atoms with Crippen molar-refractivity contribution in [3.05, 3.63) is 11.6 Å². The normalized spacial score (nSPS) is 53.6. The number of Topliss-reactive ketones (excluding diaryl/α,β-unsaturated/α-hetero) is 1. The van der Waals surface area contributed by atoms with Gasteiger partial charge in [0, 0.05) is 11.8 Å². The van der Waals surface area contributed by atoms with Crippen molar-refractivity contribution >= 4 is 11.6 Å². The van der Waals surface area contributed by atoms with Gasteiger partial charge in [-0.1, -0.05) is 12.5 Å². The molecule has 0 aromatic rings. The molecule has 5 rings (SSSR count). The van der Waals surface area contributed by atoms with Crippen LogP contribution >= 0.6 is 0 Å². The lowest BCUT2D eigenvalue weighted by Gasteiger charge is -2.55. The molecule has 0 amide bonds. The molecule has 1 unspecified atom stereocenters. The van der Waals surface area contributed by atoms with Gasteiger partial charge in [-0.3, -0.25) is 9.59 Å². The summed E-state index contributed by atoms with van der Waals surface area (Å²) in [6.45, 7) is 4.31. The lowest BCUT2D eigenvalue weighted by molar-refractivity contribution is -0.131. The lowest BCUT2D eigenvalue weighted by atomic mass is 9.49. The van der Waals surface area contributed by atoms with E-state index in [1.54, 1.807) is 0 Å². The zero-order chi connectivity index (χ0) is 16.0. The number of hydrogen-bond acceptors (Lipinski definition) is 2. The van der Waals surface area contributed by atoms with Gasteiger partial charge in [0.1, 0.15) is 5.78 Å². The summed E-state index contributed by atoms with van der Waals surface area (Å²) in [6.07, 6.45) is 11.3. The topological polar surface area (TPSA) is 34.1 Å². The van der Waals surface area contributed by atoms with Gasteiger partial charge in [0.05, 0.1) is 0 Å². The van der Waals surface area contributed by atoms with Gasteiger partial charge in [0.2, 0.25) is 0 Å². The maximum atomic E-state index is 12.4. The van der Waals surface area contributed by atoms with Gasteiger partial charge >= 0.3 is 0 Å². The Balaban J connectivity index is 1.48. The Kier molecular flexibility index (Phi) is 2.74. The van der Waals surface area contributed by atoms with Crippen molar-refractivity contribution in [2.75, 3.05) is 0 Å². The summed E-state index contributed by atoms with van der Waals surface area (Å²) >= 11 is 0. The number of carbonyl (C=O) groups excluding carboxylic acids is 2. The van der Waals surface area contributed by atoms with Crippen LogP contribution in [-0.4, -0.2) is 11.6 Å². The van der Waals surface area contributed by atoms with E-state index in [0.29, 0.717) is 23.4 Å². The zero-order valence-corrected chi connectivity index (χ0v) is 14.4. The molecule has 0 aromatic heterocycles. The van der Waals surface area contributed by atoms with Crippen molar-refractivity contribution in [2.45, 2.75) is 65.2 Å². The largest absolute Gasteiger partial charge is 0.299 e. The fourth-order valence-electron chi connectivity index (χ4n) is 7.94. The molecule has 0 aliphatic heterocycles. The van der Waals surface area contributed by atoms with Crippen LogP contribution in [0.15, 0.2) is 11.6 Å². The monoisotopic (exact) mass is 312 g/mol. The summed E-state index contributed by atoms with van der Waals surface area (Å²) in [5, 5.41) is 0. The smallest absolute Gasteiger partial charge is 0.155 e. The maximum Gasteiger partial charge on any atom is 0.155 e. The number of ketones is 2. The molecule has 23 heavy (non-hydrogen) atoms. The molecule has 0 saturated heterocycles. The van der Waals surface area contributed by atoms with E-state index in [4.69, 9.17) is 0 Å². The molecular formula is C21H28O2. The molecule has 0 N–H and O–H groups in total.